The molecule has 166 valence electrons. The first-order chi connectivity index (χ1) is 12.9. The maximum absolute atomic E-state index is 13.5. The Morgan fingerprint density at radius 1 is 1.10 bits per heavy atom. The second-order valence-corrected chi connectivity index (χ2v) is 7.25. The fourth-order valence-corrected chi connectivity index (χ4v) is 3.80. The van der Waals surface area contributed by atoms with Gasteiger partial charge in [-0.15, -0.1) is 24.8 Å². The predicted octanol–water partition coefficient (Wildman–Crippen LogP) is 2.23. The van der Waals surface area contributed by atoms with Crippen LogP contribution < -0.4 is 10.6 Å². The van der Waals surface area contributed by atoms with Crippen LogP contribution in [-0.2, 0) is 17.8 Å². The van der Waals surface area contributed by atoms with Gasteiger partial charge in [0.15, 0.2) is 0 Å². The molecule has 0 radical (unpaired) electrons. The summed E-state index contributed by atoms with van der Waals surface area (Å²) in [5.74, 6) is -0.348. The second-order valence-electron chi connectivity index (χ2n) is 7.25. The van der Waals surface area contributed by atoms with Crippen LogP contribution in [0.25, 0.3) is 0 Å². The molecular weight excluding hydrogens is 428 g/mol. The number of nitrogens with one attached hydrogen (secondary N) is 2. The smallest absolute Gasteiger partial charge is 0.353 e. The van der Waals surface area contributed by atoms with Crippen molar-refractivity contribution in [2.45, 2.75) is 38.1 Å². The minimum atomic E-state index is -4.36. The van der Waals surface area contributed by atoms with E-state index in [1.807, 2.05) is 23.1 Å². The fraction of sp³-hybridized carbons (Fsp3) is 0.632. The number of hydrogen-bond donors (Lipinski definition) is 2. The van der Waals surface area contributed by atoms with Gasteiger partial charge in [0.25, 0.3) is 0 Å². The standard InChI is InChI=1S/C19H27F3N4O.2ClH/c1-14(26-9-6-15-4-2-3-5-16(15)13-26)18(27)24-12-17(19(20,21)22)25-10-7-23-8-11-25;;/h2-5,14,17,23H,6-13H2,1H3,(H,24,27);2*1H. The van der Waals surface area contributed by atoms with E-state index >= 15 is 0 Å². The Balaban J connectivity index is 0.00000210. The van der Waals surface area contributed by atoms with E-state index in [4.69, 9.17) is 0 Å². The molecule has 1 amide bonds. The maximum atomic E-state index is 13.5. The van der Waals surface area contributed by atoms with Crippen LogP contribution in [0.15, 0.2) is 24.3 Å². The SMILES string of the molecule is CC(C(=O)NCC(N1CCNCC1)C(F)(F)F)N1CCc2ccccc2C1.Cl.Cl. The lowest BCUT2D eigenvalue weighted by atomic mass is 9.99. The van der Waals surface area contributed by atoms with Crippen LogP contribution in [0.4, 0.5) is 13.2 Å². The van der Waals surface area contributed by atoms with E-state index in [0.29, 0.717) is 32.7 Å². The minimum absolute atomic E-state index is 0. The number of alkyl halides is 3. The Hall–Kier alpha value is -1.06. The van der Waals surface area contributed by atoms with Gasteiger partial charge < -0.3 is 10.6 Å². The van der Waals surface area contributed by atoms with Gasteiger partial charge in [0.1, 0.15) is 6.04 Å². The summed E-state index contributed by atoms with van der Waals surface area (Å²) in [6.45, 7) is 4.45. The van der Waals surface area contributed by atoms with Crippen LogP contribution >= 0.6 is 24.8 Å². The van der Waals surface area contributed by atoms with Crippen molar-refractivity contribution >= 4 is 30.7 Å². The molecule has 10 heteroatoms. The number of piperazine rings is 1. The normalized spacial score (nSPS) is 19.9. The van der Waals surface area contributed by atoms with Crippen molar-refractivity contribution in [2.24, 2.45) is 0 Å². The highest BCUT2D eigenvalue weighted by Gasteiger charge is 2.44. The molecule has 1 aromatic carbocycles. The van der Waals surface area contributed by atoms with Crippen molar-refractivity contribution in [1.29, 1.82) is 0 Å². The van der Waals surface area contributed by atoms with E-state index in [2.05, 4.69) is 16.7 Å². The molecule has 29 heavy (non-hydrogen) atoms. The number of fused-ring (bicyclic) bond motifs is 1. The molecule has 2 heterocycles. The first kappa shape index (κ1) is 26.0. The minimum Gasteiger partial charge on any atom is -0.353 e. The van der Waals surface area contributed by atoms with Gasteiger partial charge in [0, 0.05) is 45.8 Å². The van der Waals surface area contributed by atoms with Crippen LogP contribution in [-0.4, -0.2) is 73.2 Å². The lowest BCUT2D eigenvalue weighted by Crippen LogP contribution is -2.58. The zero-order valence-electron chi connectivity index (χ0n) is 16.4. The molecule has 2 N–H and O–H groups in total. The summed E-state index contributed by atoms with van der Waals surface area (Å²) in [6, 6.07) is 5.98. The van der Waals surface area contributed by atoms with Gasteiger partial charge in [-0.2, -0.15) is 13.2 Å². The fourth-order valence-electron chi connectivity index (χ4n) is 3.80. The average Bonchev–Trinajstić information content (AvgIpc) is 2.66. The van der Waals surface area contributed by atoms with Gasteiger partial charge >= 0.3 is 6.18 Å². The number of carbonyl (C=O) groups is 1. The molecule has 2 atom stereocenters. The Morgan fingerprint density at radius 2 is 1.72 bits per heavy atom. The third kappa shape index (κ3) is 6.72. The lowest BCUT2D eigenvalue weighted by Gasteiger charge is -2.37. The van der Waals surface area contributed by atoms with Crippen LogP contribution in [0, 0.1) is 0 Å². The van der Waals surface area contributed by atoms with Crippen LogP contribution in [0.1, 0.15) is 18.1 Å². The number of halogens is 5. The van der Waals surface area contributed by atoms with E-state index in [9.17, 15) is 18.0 Å². The monoisotopic (exact) mass is 456 g/mol. The first-order valence-corrected chi connectivity index (χ1v) is 9.46. The van der Waals surface area contributed by atoms with E-state index in [0.717, 1.165) is 13.0 Å². The summed E-state index contributed by atoms with van der Waals surface area (Å²) >= 11 is 0. The lowest BCUT2D eigenvalue weighted by molar-refractivity contribution is -0.184. The maximum Gasteiger partial charge on any atom is 0.405 e. The molecular formula is C19H29Cl2F3N4O. The number of rotatable bonds is 5. The Morgan fingerprint density at radius 3 is 2.34 bits per heavy atom. The molecule has 5 nitrogen and oxygen atoms in total. The van der Waals surface area contributed by atoms with Gasteiger partial charge in [-0.3, -0.25) is 14.6 Å². The number of nitrogens with zero attached hydrogens (tertiary/aromatic N) is 2. The molecule has 1 saturated heterocycles. The summed E-state index contributed by atoms with van der Waals surface area (Å²) in [4.78, 5) is 15.9. The van der Waals surface area contributed by atoms with E-state index in [1.165, 1.54) is 16.0 Å². The number of hydrogen-bond acceptors (Lipinski definition) is 4. The highest BCUT2D eigenvalue weighted by molar-refractivity contribution is 5.85. The molecule has 0 spiro atoms. The predicted molar refractivity (Wildman–Crippen MR) is 112 cm³/mol. The molecule has 2 aliphatic heterocycles. The summed E-state index contributed by atoms with van der Waals surface area (Å²) < 4.78 is 40.4. The van der Waals surface area contributed by atoms with Crippen molar-refractivity contribution in [1.82, 2.24) is 20.4 Å². The summed E-state index contributed by atoms with van der Waals surface area (Å²) in [5.41, 5.74) is 2.45. The highest BCUT2D eigenvalue weighted by Crippen LogP contribution is 2.25. The van der Waals surface area contributed by atoms with Gasteiger partial charge in [-0.05, 0) is 24.5 Å². The van der Waals surface area contributed by atoms with E-state index < -0.39 is 24.8 Å². The number of carbonyl (C=O) groups excluding carboxylic acids is 1. The van der Waals surface area contributed by atoms with Crippen LogP contribution in [0.3, 0.4) is 0 Å². The molecule has 1 aromatic rings. The number of amides is 1. The van der Waals surface area contributed by atoms with Crippen molar-refractivity contribution in [2.75, 3.05) is 39.3 Å². The number of benzene rings is 1. The van der Waals surface area contributed by atoms with Crippen molar-refractivity contribution in [3.05, 3.63) is 35.4 Å². The largest absolute Gasteiger partial charge is 0.405 e. The summed E-state index contributed by atoms with van der Waals surface area (Å²) in [7, 11) is 0. The van der Waals surface area contributed by atoms with Gasteiger partial charge in [-0.25, -0.2) is 0 Å². The third-order valence-electron chi connectivity index (χ3n) is 5.53. The average molecular weight is 457 g/mol. The van der Waals surface area contributed by atoms with Crippen molar-refractivity contribution in [3.8, 4) is 0 Å². The van der Waals surface area contributed by atoms with Gasteiger partial charge in [-0.1, -0.05) is 24.3 Å². The molecule has 0 saturated carbocycles. The molecule has 0 bridgehead atoms. The zero-order chi connectivity index (χ0) is 19.4. The Kier molecular flexibility index (Phi) is 10.2. The van der Waals surface area contributed by atoms with Gasteiger partial charge in [0.2, 0.25) is 5.91 Å². The van der Waals surface area contributed by atoms with E-state index in [1.54, 1.807) is 6.92 Å². The summed E-state index contributed by atoms with van der Waals surface area (Å²) in [5, 5.41) is 5.60. The Labute approximate surface area is 182 Å². The molecule has 2 aliphatic rings. The molecule has 2 unspecified atom stereocenters. The molecule has 3 rings (SSSR count). The quantitative estimate of drug-likeness (QED) is 0.712. The van der Waals surface area contributed by atoms with Crippen molar-refractivity contribution in [3.63, 3.8) is 0 Å². The first-order valence-electron chi connectivity index (χ1n) is 9.46. The summed E-state index contributed by atoms with van der Waals surface area (Å²) in [6.07, 6.45) is -3.52. The Bertz CT molecular complexity index is 657. The van der Waals surface area contributed by atoms with Crippen LogP contribution in [0.5, 0.6) is 0 Å². The topological polar surface area (TPSA) is 47.6 Å². The van der Waals surface area contributed by atoms with Gasteiger partial charge in [0.05, 0.1) is 6.04 Å². The van der Waals surface area contributed by atoms with Crippen molar-refractivity contribution < 1.29 is 18.0 Å². The molecule has 0 aliphatic carbocycles. The molecule has 1 fully saturated rings. The third-order valence-corrected chi connectivity index (χ3v) is 5.53. The molecule has 0 aromatic heterocycles. The zero-order valence-corrected chi connectivity index (χ0v) is 18.0. The highest BCUT2D eigenvalue weighted by atomic mass is 35.5. The van der Waals surface area contributed by atoms with E-state index in [-0.39, 0.29) is 30.7 Å². The second kappa shape index (κ2) is 11.4. The van der Waals surface area contributed by atoms with Crippen LogP contribution in [0.2, 0.25) is 0 Å².